The summed E-state index contributed by atoms with van der Waals surface area (Å²) in [6, 6.07) is 0. The first-order chi connectivity index (χ1) is 10.6. The molecule has 1 aromatic rings. The molecule has 1 aliphatic heterocycles. The number of imidazole rings is 1. The maximum atomic E-state index is 2.37. The van der Waals surface area contributed by atoms with E-state index in [1.54, 1.807) is 0 Å². The number of hydrogen-bond donors (Lipinski definition) is 0. The van der Waals surface area contributed by atoms with Crippen molar-refractivity contribution in [1.82, 2.24) is 14.4 Å². The number of aryl methyl sites for hydroxylation is 2. The van der Waals surface area contributed by atoms with Crippen LogP contribution in [0.3, 0.4) is 0 Å². The van der Waals surface area contributed by atoms with E-state index in [-0.39, 0.29) is 0 Å². The fourth-order valence-electron chi connectivity index (χ4n) is 2.39. The lowest BCUT2D eigenvalue weighted by molar-refractivity contribution is -0.677. The van der Waals surface area contributed by atoms with E-state index in [1.807, 2.05) is 0 Å². The molecule has 0 atom stereocenters. The van der Waals surface area contributed by atoms with Gasteiger partial charge in [0.05, 0.1) is 20.3 Å². The van der Waals surface area contributed by atoms with Crippen LogP contribution in [0.25, 0.3) is 0 Å². The summed E-state index contributed by atoms with van der Waals surface area (Å²) < 4.78 is 4.44. The molecule has 2 heterocycles. The van der Waals surface area contributed by atoms with E-state index in [1.165, 1.54) is 38.1 Å². The normalized spacial score (nSPS) is 13.5. The first-order valence-corrected chi connectivity index (χ1v) is 8.80. The first kappa shape index (κ1) is 18.6. The van der Waals surface area contributed by atoms with Crippen molar-refractivity contribution >= 4 is 0 Å². The average molecular weight is 308 g/mol. The zero-order valence-corrected chi connectivity index (χ0v) is 15.3. The highest BCUT2D eigenvalue weighted by atomic mass is 15.3. The topological polar surface area (TPSA) is 15.3 Å². The third-order valence-corrected chi connectivity index (χ3v) is 4.21. The van der Waals surface area contributed by atoms with Crippen molar-refractivity contribution in [3.05, 3.63) is 30.6 Å². The molecule has 0 fully saturated rings. The van der Waals surface area contributed by atoms with Crippen molar-refractivity contribution in [2.45, 2.75) is 59.9 Å². The molecule has 0 aromatic carbocycles. The molecule has 0 bridgehead atoms. The van der Waals surface area contributed by atoms with Crippen LogP contribution in [-0.2, 0) is 13.6 Å². The van der Waals surface area contributed by atoms with Gasteiger partial charge in [0.1, 0.15) is 12.4 Å². The van der Waals surface area contributed by atoms with Crippen molar-refractivity contribution < 1.29 is 4.57 Å². The molecular formula is C18H35N4+. The Kier molecular flexibility index (Phi) is 8.71. The van der Waals surface area contributed by atoms with Crippen LogP contribution in [-0.4, -0.2) is 34.1 Å². The number of unbranched alkanes of at least 4 members (excludes halogenated alkanes) is 2. The summed E-state index contributed by atoms with van der Waals surface area (Å²) in [4.78, 5) is 4.68. The molecule has 0 aliphatic carbocycles. The molecule has 0 amide bonds. The predicted molar refractivity (Wildman–Crippen MR) is 93.3 cm³/mol. The average Bonchev–Trinajstić information content (AvgIpc) is 3.12. The van der Waals surface area contributed by atoms with E-state index in [0.29, 0.717) is 0 Å². The molecule has 0 saturated carbocycles. The lowest BCUT2D eigenvalue weighted by Gasteiger charge is -2.19. The van der Waals surface area contributed by atoms with Gasteiger partial charge >= 0.3 is 0 Å². The highest BCUT2D eigenvalue weighted by Crippen LogP contribution is 2.06. The monoisotopic (exact) mass is 307 g/mol. The minimum Gasteiger partial charge on any atom is -0.359 e. The molecule has 22 heavy (non-hydrogen) atoms. The maximum Gasteiger partial charge on any atom is 0.253 e. The van der Waals surface area contributed by atoms with Crippen LogP contribution in [0.5, 0.6) is 0 Å². The van der Waals surface area contributed by atoms with Crippen molar-refractivity contribution in [3.63, 3.8) is 0 Å². The summed E-state index contributed by atoms with van der Waals surface area (Å²) in [5.41, 5.74) is 0. The summed E-state index contributed by atoms with van der Waals surface area (Å²) >= 11 is 0. The first-order valence-electron chi connectivity index (χ1n) is 8.80. The number of hydrogen-bond acceptors (Lipinski definition) is 2. The van der Waals surface area contributed by atoms with E-state index in [2.05, 4.69) is 78.5 Å². The SMILES string of the molecule is CCCCN1C=CN(CC)C1.CCCCn1cc[n+](C)c1C. The van der Waals surface area contributed by atoms with Crippen LogP contribution in [0.2, 0.25) is 0 Å². The van der Waals surface area contributed by atoms with Crippen LogP contribution in [0, 0.1) is 6.92 Å². The molecular weight excluding hydrogens is 272 g/mol. The molecule has 1 aromatic heterocycles. The standard InChI is InChI=1S/C9H17N2.C9H18N2/c1-4-5-6-11-8-7-10(3)9(11)2;1-3-5-6-11-8-7-10(4-2)9-11/h7-8H,4-6H2,1-3H3;7-8H,3-6,9H2,1-2H3/q+1;. The molecule has 0 unspecified atom stereocenters. The van der Waals surface area contributed by atoms with Gasteiger partial charge in [-0.25, -0.2) is 9.13 Å². The van der Waals surface area contributed by atoms with Crippen molar-refractivity contribution in [2.24, 2.45) is 7.05 Å². The minimum atomic E-state index is 1.09. The van der Waals surface area contributed by atoms with Gasteiger partial charge in [-0.1, -0.05) is 26.7 Å². The highest BCUT2D eigenvalue weighted by molar-refractivity contribution is 4.89. The second-order valence-corrected chi connectivity index (χ2v) is 6.01. The van der Waals surface area contributed by atoms with Crippen molar-refractivity contribution in [1.29, 1.82) is 0 Å². The van der Waals surface area contributed by atoms with E-state index in [0.717, 1.165) is 19.8 Å². The Balaban J connectivity index is 0.000000220. The Hall–Kier alpha value is -1.45. The van der Waals surface area contributed by atoms with Gasteiger partial charge in [0.15, 0.2) is 0 Å². The molecule has 0 saturated heterocycles. The van der Waals surface area contributed by atoms with E-state index < -0.39 is 0 Å². The smallest absolute Gasteiger partial charge is 0.253 e. The summed E-state index contributed by atoms with van der Waals surface area (Å²) in [5.74, 6) is 1.33. The van der Waals surface area contributed by atoms with Gasteiger partial charge < -0.3 is 9.80 Å². The van der Waals surface area contributed by atoms with Gasteiger partial charge in [-0.3, -0.25) is 0 Å². The number of rotatable bonds is 7. The van der Waals surface area contributed by atoms with Gasteiger partial charge in [0, 0.05) is 32.4 Å². The lowest BCUT2D eigenvalue weighted by Crippen LogP contribution is -2.29. The summed E-state index contributed by atoms with van der Waals surface area (Å²) in [6.45, 7) is 13.4. The Morgan fingerprint density at radius 1 is 1.00 bits per heavy atom. The Labute approximate surface area is 137 Å². The van der Waals surface area contributed by atoms with Crippen LogP contribution in [0.1, 0.15) is 52.3 Å². The fourth-order valence-corrected chi connectivity index (χ4v) is 2.39. The molecule has 4 nitrogen and oxygen atoms in total. The van der Waals surface area contributed by atoms with E-state index in [9.17, 15) is 0 Å². The van der Waals surface area contributed by atoms with Crippen molar-refractivity contribution in [3.8, 4) is 0 Å². The molecule has 1 aliphatic rings. The van der Waals surface area contributed by atoms with Crippen LogP contribution >= 0.6 is 0 Å². The summed E-state index contributed by atoms with van der Waals surface area (Å²) in [7, 11) is 2.08. The molecule has 2 rings (SSSR count). The van der Waals surface area contributed by atoms with Gasteiger partial charge in [0.25, 0.3) is 5.82 Å². The third-order valence-electron chi connectivity index (χ3n) is 4.21. The second kappa shape index (κ2) is 10.3. The van der Waals surface area contributed by atoms with Gasteiger partial charge in [-0.15, -0.1) is 0 Å². The lowest BCUT2D eigenvalue weighted by atomic mass is 10.3. The van der Waals surface area contributed by atoms with E-state index in [4.69, 9.17) is 0 Å². The molecule has 4 heteroatoms. The van der Waals surface area contributed by atoms with Gasteiger partial charge in [-0.2, -0.15) is 0 Å². The highest BCUT2D eigenvalue weighted by Gasteiger charge is 2.08. The van der Waals surface area contributed by atoms with Crippen LogP contribution < -0.4 is 4.57 Å². The molecule has 126 valence electrons. The zero-order valence-electron chi connectivity index (χ0n) is 15.3. The fraction of sp³-hybridized carbons (Fsp3) is 0.722. The van der Waals surface area contributed by atoms with Gasteiger partial charge in [0.2, 0.25) is 0 Å². The Morgan fingerprint density at radius 2 is 1.64 bits per heavy atom. The quantitative estimate of drug-likeness (QED) is 0.718. The number of nitrogens with zero attached hydrogens (tertiary/aromatic N) is 4. The summed E-state index contributed by atoms with van der Waals surface area (Å²) in [5, 5.41) is 0. The minimum absolute atomic E-state index is 1.09. The second-order valence-electron chi connectivity index (χ2n) is 6.01. The Morgan fingerprint density at radius 3 is 2.14 bits per heavy atom. The largest absolute Gasteiger partial charge is 0.359 e. The molecule has 0 spiro atoms. The van der Waals surface area contributed by atoms with Gasteiger partial charge in [-0.05, 0) is 19.8 Å². The molecule has 0 radical (unpaired) electrons. The maximum absolute atomic E-state index is 2.37. The molecule has 0 N–H and O–H groups in total. The van der Waals surface area contributed by atoms with E-state index >= 15 is 0 Å². The van der Waals surface area contributed by atoms with Crippen LogP contribution in [0.15, 0.2) is 24.8 Å². The Bertz CT molecular complexity index is 436. The third kappa shape index (κ3) is 6.12. The van der Waals surface area contributed by atoms with Crippen LogP contribution in [0.4, 0.5) is 0 Å². The predicted octanol–water partition coefficient (Wildman–Crippen LogP) is 3.27. The summed E-state index contributed by atoms with van der Waals surface area (Å²) in [6.07, 6.45) is 13.8. The zero-order chi connectivity index (χ0) is 16.4. The van der Waals surface area contributed by atoms with Crippen molar-refractivity contribution in [2.75, 3.05) is 19.8 Å². The number of aromatic nitrogens is 2.